The molecule has 7 aromatic carbocycles. The van der Waals surface area contributed by atoms with Gasteiger partial charge in [0, 0.05) is 38.5 Å². The van der Waals surface area contributed by atoms with E-state index in [1.807, 2.05) is 42.5 Å². The van der Waals surface area contributed by atoms with Crippen LogP contribution in [0.3, 0.4) is 0 Å². The molecular weight excluding hydrogens is 611 g/mol. The molecule has 0 saturated carbocycles. The molecule has 0 bridgehead atoms. The van der Waals surface area contributed by atoms with Crippen LogP contribution in [0.15, 0.2) is 152 Å². The summed E-state index contributed by atoms with van der Waals surface area (Å²) in [5.74, 6) is 0. The number of hydrogen-bond donors (Lipinski definition) is 0. The van der Waals surface area contributed by atoms with E-state index in [4.69, 9.17) is 6.57 Å². The smallest absolute Gasteiger partial charge is 0.189 e. The molecule has 9 rings (SSSR count). The van der Waals surface area contributed by atoms with Gasteiger partial charge < -0.3 is 9.13 Å². The first-order valence-corrected chi connectivity index (χ1v) is 16.3. The number of hydrogen-bond acceptors (Lipinski definition) is 2. The number of para-hydroxylation sites is 2. The maximum atomic E-state index is 10.0. The normalized spacial score (nSPS) is 11.1. The number of aromatic nitrogens is 2. The lowest BCUT2D eigenvalue weighted by Crippen LogP contribution is -1.97. The van der Waals surface area contributed by atoms with Crippen LogP contribution in [-0.2, 0) is 0 Å². The van der Waals surface area contributed by atoms with Gasteiger partial charge in [-0.2, -0.15) is 10.5 Å². The maximum absolute atomic E-state index is 10.0. The highest BCUT2D eigenvalue weighted by atomic mass is 15.0. The number of nitrogens with zero attached hydrogens (tertiary/aromatic N) is 5. The highest BCUT2D eigenvalue weighted by Gasteiger charge is 2.19. The lowest BCUT2D eigenvalue weighted by Gasteiger charge is -2.16. The van der Waals surface area contributed by atoms with E-state index >= 15 is 0 Å². The van der Waals surface area contributed by atoms with Crippen LogP contribution in [-0.4, -0.2) is 9.13 Å². The Bertz CT molecular complexity index is 2900. The Morgan fingerprint density at radius 1 is 0.500 bits per heavy atom. The lowest BCUT2D eigenvalue weighted by molar-refractivity contribution is 1.18. The number of benzene rings is 7. The van der Waals surface area contributed by atoms with Gasteiger partial charge in [0.15, 0.2) is 5.69 Å². The van der Waals surface area contributed by atoms with E-state index in [1.165, 1.54) is 21.8 Å². The van der Waals surface area contributed by atoms with Gasteiger partial charge in [0.25, 0.3) is 0 Å². The van der Waals surface area contributed by atoms with Crippen molar-refractivity contribution in [2.45, 2.75) is 0 Å². The largest absolute Gasteiger partial charge is 0.310 e. The van der Waals surface area contributed by atoms with Gasteiger partial charge in [0.05, 0.1) is 51.9 Å². The molecule has 0 radical (unpaired) electrons. The molecule has 50 heavy (non-hydrogen) atoms. The van der Waals surface area contributed by atoms with Gasteiger partial charge in [-0.1, -0.05) is 91.0 Å². The second-order valence-electron chi connectivity index (χ2n) is 12.3. The molecule has 0 fully saturated rings. The summed E-state index contributed by atoms with van der Waals surface area (Å²) in [6, 6.07) is 55.8. The Morgan fingerprint density at radius 3 is 1.90 bits per heavy atom. The molecule has 0 atom stereocenters. The molecule has 5 heteroatoms. The van der Waals surface area contributed by atoms with Crippen molar-refractivity contribution >= 4 is 49.3 Å². The predicted octanol–water partition coefficient (Wildman–Crippen LogP) is 11.5. The second kappa shape index (κ2) is 11.4. The van der Waals surface area contributed by atoms with E-state index in [0.717, 1.165) is 55.4 Å². The molecule has 0 N–H and O–H groups in total. The number of fused-ring (bicyclic) bond motifs is 6. The molecular formula is C45H25N5. The third kappa shape index (κ3) is 4.38. The monoisotopic (exact) mass is 635 g/mol. The Balaban J connectivity index is 1.18. The van der Waals surface area contributed by atoms with Gasteiger partial charge >= 0.3 is 0 Å². The predicted molar refractivity (Wildman–Crippen MR) is 202 cm³/mol. The highest BCUT2D eigenvalue weighted by Crippen LogP contribution is 2.40. The van der Waals surface area contributed by atoms with Gasteiger partial charge in [-0.3, -0.25) is 0 Å². The van der Waals surface area contributed by atoms with Crippen LogP contribution in [0.4, 0.5) is 5.69 Å². The van der Waals surface area contributed by atoms with Crippen molar-refractivity contribution in [2.75, 3.05) is 0 Å². The zero-order valence-electron chi connectivity index (χ0n) is 26.7. The molecule has 0 unspecified atom stereocenters. The first-order chi connectivity index (χ1) is 24.7. The van der Waals surface area contributed by atoms with Crippen molar-refractivity contribution in [3.63, 3.8) is 0 Å². The first kappa shape index (κ1) is 28.8. The third-order valence-electron chi connectivity index (χ3n) is 9.60. The highest BCUT2D eigenvalue weighted by molar-refractivity contribution is 6.13. The standard InChI is InChI=1S/C45H25N5/c1-48-34-21-22-36(44(26-34)50-42-23-16-29(27-46)24-39(42)45-33(28-47)9-7-15-43(45)50)31-19-17-30(18-20-31)32-8-6-10-35(25-32)49-40-13-4-2-11-37(40)38-12-3-5-14-41(38)49/h2-26H. The fraction of sp³-hybridized carbons (Fsp3) is 0. The van der Waals surface area contributed by atoms with Crippen molar-refractivity contribution < 1.29 is 0 Å². The van der Waals surface area contributed by atoms with Crippen LogP contribution >= 0.6 is 0 Å². The molecule has 0 aliphatic heterocycles. The van der Waals surface area contributed by atoms with E-state index in [-0.39, 0.29) is 0 Å². The van der Waals surface area contributed by atoms with Crippen molar-refractivity contribution in [1.82, 2.24) is 9.13 Å². The van der Waals surface area contributed by atoms with Crippen molar-refractivity contribution in [1.29, 1.82) is 10.5 Å². The third-order valence-corrected chi connectivity index (χ3v) is 9.60. The molecule has 5 nitrogen and oxygen atoms in total. The molecule has 0 amide bonds. The van der Waals surface area contributed by atoms with Gasteiger partial charge in [-0.05, 0) is 77.4 Å². The summed E-state index contributed by atoms with van der Waals surface area (Å²) in [7, 11) is 0. The van der Waals surface area contributed by atoms with Gasteiger partial charge in [-0.25, -0.2) is 4.85 Å². The average Bonchev–Trinajstić information content (AvgIpc) is 3.70. The van der Waals surface area contributed by atoms with E-state index in [9.17, 15) is 10.5 Å². The fourth-order valence-corrected chi connectivity index (χ4v) is 7.38. The van der Waals surface area contributed by atoms with E-state index in [2.05, 4.69) is 123 Å². The quantitative estimate of drug-likeness (QED) is 0.181. The van der Waals surface area contributed by atoms with E-state index in [1.54, 1.807) is 12.1 Å². The Hall–Kier alpha value is -7.39. The molecule has 230 valence electrons. The van der Waals surface area contributed by atoms with Crippen molar-refractivity contribution in [2.24, 2.45) is 0 Å². The van der Waals surface area contributed by atoms with Gasteiger partial charge in [-0.15, -0.1) is 0 Å². The summed E-state index contributed by atoms with van der Waals surface area (Å²) in [4.78, 5) is 3.76. The topological polar surface area (TPSA) is 61.8 Å². The second-order valence-corrected chi connectivity index (χ2v) is 12.3. The minimum Gasteiger partial charge on any atom is -0.310 e. The lowest BCUT2D eigenvalue weighted by atomic mass is 9.98. The molecule has 2 heterocycles. The summed E-state index contributed by atoms with van der Waals surface area (Å²) in [6.45, 7) is 7.80. The molecule has 9 aromatic rings. The maximum Gasteiger partial charge on any atom is 0.189 e. The average molecular weight is 636 g/mol. The van der Waals surface area contributed by atoms with E-state index < -0.39 is 0 Å². The molecule has 2 aromatic heterocycles. The zero-order chi connectivity index (χ0) is 33.8. The number of nitriles is 2. The van der Waals surface area contributed by atoms with Crippen molar-refractivity contribution in [3.05, 3.63) is 174 Å². The fourth-order valence-electron chi connectivity index (χ4n) is 7.38. The SMILES string of the molecule is [C-]#[N+]c1ccc(-c2ccc(-c3cccc(-n4c5ccccc5c5ccccc54)c3)cc2)c(-n2c3ccc(C#N)cc3c3c(C#N)cccc32)c1. The summed E-state index contributed by atoms with van der Waals surface area (Å²) in [5, 5.41) is 23.8. The Morgan fingerprint density at radius 2 is 1.18 bits per heavy atom. The van der Waals surface area contributed by atoms with Gasteiger partial charge in [0.1, 0.15) is 0 Å². The van der Waals surface area contributed by atoms with Crippen LogP contribution in [0.5, 0.6) is 0 Å². The summed E-state index contributed by atoms with van der Waals surface area (Å²) >= 11 is 0. The minimum absolute atomic E-state index is 0.516. The molecule has 0 aliphatic carbocycles. The summed E-state index contributed by atoms with van der Waals surface area (Å²) in [6.07, 6.45) is 0. The summed E-state index contributed by atoms with van der Waals surface area (Å²) < 4.78 is 4.44. The minimum atomic E-state index is 0.516. The van der Waals surface area contributed by atoms with Crippen LogP contribution < -0.4 is 0 Å². The molecule has 0 spiro atoms. The first-order valence-electron chi connectivity index (χ1n) is 16.3. The van der Waals surface area contributed by atoms with E-state index in [0.29, 0.717) is 16.8 Å². The number of rotatable bonds is 4. The van der Waals surface area contributed by atoms with Gasteiger partial charge in [0.2, 0.25) is 0 Å². The van der Waals surface area contributed by atoms with Crippen LogP contribution in [0.25, 0.3) is 82.1 Å². The Kier molecular flexibility index (Phi) is 6.56. The van der Waals surface area contributed by atoms with Crippen LogP contribution in [0.2, 0.25) is 0 Å². The van der Waals surface area contributed by atoms with Crippen molar-refractivity contribution in [3.8, 4) is 45.8 Å². The Labute approximate surface area is 288 Å². The van der Waals surface area contributed by atoms with Crippen LogP contribution in [0.1, 0.15) is 11.1 Å². The molecule has 0 saturated heterocycles. The van der Waals surface area contributed by atoms with Crippen LogP contribution in [0, 0.1) is 29.2 Å². The zero-order valence-corrected chi connectivity index (χ0v) is 26.7. The molecule has 0 aliphatic rings. The summed E-state index contributed by atoms with van der Waals surface area (Å²) in [5.41, 5.74) is 11.7.